The number of alkyl carbamates (subject to hydrolysis) is 1. The van der Waals surface area contributed by atoms with Gasteiger partial charge in [-0.15, -0.1) is 0 Å². The Bertz CT molecular complexity index is 420. The maximum Gasteiger partial charge on any atom is 0.410 e. The van der Waals surface area contributed by atoms with E-state index in [-0.39, 0.29) is 6.54 Å². The maximum absolute atomic E-state index is 11.6. The van der Waals surface area contributed by atoms with E-state index in [2.05, 4.69) is 5.32 Å². The lowest BCUT2D eigenvalue weighted by Crippen LogP contribution is -2.44. The molecule has 0 bridgehead atoms. The van der Waals surface area contributed by atoms with Crippen LogP contribution in [-0.2, 0) is 19.1 Å². The summed E-state index contributed by atoms with van der Waals surface area (Å²) in [6, 6.07) is 0. The molecule has 0 unspecified atom stereocenters. The highest BCUT2D eigenvalue weighted by Gasteiger charge is 2.39. The number of nitrogens with one attached hydrogen (secondary N) is 1. The topological polar surface area (TPSA) is 102 Å². The van der Waals surface area contributed by atoms with Crippen LogP contribution in [0.5, 0.6) is 0 Å². The Morgan fingerprint density at radius 1 is 1.09 bits per heavy atom. The SMILES string of the molecule is CC(C)(C)C(=O)OCOC(=O)NCC1(C(=O)O)CCCCC1. The number of esters is 1. The first-order valence-corrected chi connectivity index (χ1v) is 7.49. The fraction of sp³-hybridized carbons (Fsp3) is 0.800. The summed E-state index contributed by atoms with van der Waals surface area (Å²) >= 11 is 0. The molecule has 0 heterocycles. The Balaban J connectivity index is 2.36. The van der Waals surface area contributed by atoms with Crippen molar-refractivity contribution in [2.75, 3.05) is 13.3 Å². The molecule has 1 fully saturated rings. The molecule has 1 aliphatic carbocycles. The normalized spacial score (nSPS) is 17.4. The van der Waals surface area contributed by atoms with Gasteiger partial charge in [-0.05, 0) is 33.6 Å². The quantitative estimate of drug-likeness (QED) is 0.596. The number of rotatable bonds is 5. The molecule has 2 N–H and O–H groups in total. The van der Waals surface area contributed by atoms with Crippen LogP contribution >= 0.6 is 0 Å². The lowest BCUT2D eigenvalue weighted by atomic mass is 9.74. The zero-order valence-electron chi connectivity index (χ0n) is 13.4. The first-order valence-electron chi connectivity index (χ1n) is 7.49. The van der Waals surface area contributed by atoms with E-state index in [1.807, 2.05) is 0 Å². The molecule has 0 spiro atoms. The third-order valence-electron chi connectivity index (χ3n) is 3.83. The van der Waals surface area contributed by atoms with Crippen LogP contribution in [0, 0.1) is 10.8 Å². The second-order valence-electron chi connectivity index (χ2n) is 6.73. The van der Waals surface area contributed by atoms with E-state index in [0.29, 0.717) is 12.8 Å². The van der Waals surface area contributed by atoms with Gasteiger partial charge >= 0.3 is 18.0 Å². The standard InChI is InChI=1S/C15H25NO6/c1-14(2,3)12(19)21-10-22-13(20)16-9-15(11(17)18)7-5-4-6-8-15/h4-10H2,1-3H3,(H,16,20)(H,17,18). The number of carboxylic acids is 1. The van der Waals surface area contributed by atoms with Crippen molar-refractivity contribution in [1.82, 2.24) is 5.32 Å². The number of hydrogen-bond donors (Lipinski definition) is 2. The zero-order valence-corrected chi connectivity index (χ0v) is 13.4. The summed E-state index contributed by atoms with van der Waals surface area (Å²) < 4.78 is 9.54. The lowest BCUT2D eigenvalue weighted by molar-refractivity contribution is -0.161. The highest BCUT2D eigenvalue weighted by Crippen LogP contribution is 2.36. The van der Waals surface area contributed by atoms with Gasteiger partial charge in [0, 0.05) is 6.54 Å². The van der Waals surface area contributed by atoms with E-state index < -0.39 is 35.7 Å². The monoisotopic (exact) mass is 315 g/mol. The number of carboxylic acid groups (broad SMARTS) is 1. The van der Waals surface area contributed by atoms with Gasteiger partial charge < -0.3 is 19.9 Å². The summed E-state index contributed by atoms with van der Waals surface area (Å²) in [6.45, 7) is 4.61. The number of amides is 1. The average molecular weight is 315 g/mol. The largest absolute Gasteiger partial charge is 0.481 e. The second kappa shape index (κ2) is 7.47. The van der Waals surface area contributed by atoms with Crippen molar-refractivity contribution < 1.29 is 29.0 Å². The molecule has 0 radical (unpaired) electrons. The number of hydrogen-bond acceptors (Lipinski definition) is 5. The Hall–Kier alpha value is -1.79. The molecule has 0 aromatic rings. The van der Waals surface area contributed by atoms with Gasteiger partial charge in [-0.2, -0.15) is 0 Å². The summed E-state index contributed by atoms with van der Waals surface area (Å²) in [7, 11) is 0. The van der Waals surface area contributed by atoms with Gasteiger partial charge in [0.2, 0.25) is 6.79 Å². The summed E-state index contributed by atoms with van der Waals surface area (Å²) in [4.78, 5) is 34.5. The Kier molecular flexibility index (Phi) is 6.20. The van der Waals surface area contributed by atoms with Gasteiger partial charge in [0.25, 0.3) is 0 Å². The molecular weight excluding hydrogens is 290 g/mol. The predicted octanol–water partition coefficient (Wildman–Crippen LogP) is 2.29. The molecule has 0 aromatic heterocycles. The van der Waals surface area contributed by atoms with Crippen LogP contribution in [0.1, 0.15) is 52.9 Å². The Labute approximate surface area is 130 Å². The molecule has 0 saturated heterocycles. The van der Waals surface area contributed by atoms with Crippen LogP contribution in [0.25, 0.3) is 0 Å². The number of carbonyl (C=O) groups is 3. The number of aliphatic carboxylic acids is 1. The highest BCUT2D eigenvalue weighted by atomic mass is 16.7. The van der Waals surface area contributed by atoms with Crippen LogP contribution in [0.2, 0.25) is 0 Å². The van der Waals surface area contributed by atoms with Crippen LogP contribution in [0.4, 0.5) is 4.79 Å². The van der Waals surface area contributed by atoms with Gasteiger partial charge in [-0.1, -0.05) is 19.3 Å². The second-order valence-corrected chi connectivity index (χ2v) is 6.73. The molecule has 7 nitrogen and oxygen atoms in total. The number of ether oxygens (including phenoxy) is 2. The first-order chi connectivity index (χ1) is 10.2. The summed E-state index contributed by atoms with van der Waals surface area (Å²) in [5, 5.41) is 11.8. The van der Waals surface area contributed by atoms with E-state index in [1.54, 1.807) is 20.8 Å². The Morgan fingerprint density at radius 2 is 1.68 bits per heavy atom. The fourth-order valence-corrected chi connectivity index (χ4v) is 2.34. The molecule has 0 aromatic carbocycles. The molecular formula is C15H25NO6. The predicted molar refractivity (Wildman–Crippen MR) is 78.1 cm³/mol. The molecule has 1 saturated carbocycles. The van der Waals surface area contributed by atoms with Crippen LogP contribution in [-0.4, -0.2) is 36.5 Å². The zero-order chi connectivity index (χ0) is 16.8. The number of carbonyl (C=O) groups excluding carboxylic acids is 2. The van der Waals surface area contributed by atoms with Crippen LogP contribution in [0.3, 0.4) is 0 Å². The van der Waals surface area contributed by atoms with Gasteiger partial charge in [0.15, 0.2) is 0 Å². The molecule has 1 aliphatic rings. The minimum Gasteiger partial charge on any atom is -0.481 e. The van der Waals surface area contributed by atoms with Gasteiger partial charge in [-0.25, -0.2) is 4.79 Å². The molecule has 1 rings (SSSR count). The average Bonchev–Trinajstić information content (AvgIpc) is 2.45. The lowest BCUT2D eigenvalue weighted by Gasteiger charge is -2.32. The minimum absolute atomic E-state index is 0.0222. The van der Waals surface area contributed by atoms with E-state index in [9.17, 15) is 19.5 Å². The van der Waals surface area contributed by atoms with Gasteiger partial charge in [-0.3, -0.25) is 9.59 Å². The molecule has 1 amide bonds. The first kappa shape index (κ1) is 18.3. The van der Waals surface area contributed by atoms with E-state index in [4.69, 9.17) is 9.47 Å². The van der Waals surface area contributed by atoms with Crippen LogP contribution in [0.15, 0.2) is 0 Å². The van der Waals surface area contributed by atoms with Gasteiger partial charge in [0.1, 0.15) is 0 Å². The smallest absolute Gasteiger partial charge is 0.410 e. The van der Waals surface area contributed by atoms with Crippen molar-refractivity contribution >= 4 is 18.0 Å². The van der Waals surface area contributed by atoms with Crippen molar-refractivity contribution in [2.24, 2.45) is 10.8 Å². The molecule has 22 heavy (non-hydrogen) atoms. The third-order valence-corrected chi connectivity index (χ3v) is 3.83. The molecule has 0 aliphatic heterocycles. The van der Waals surface area contributed by atoms with Crippen molar-refractivity contribution in [1.29, 1.82) is 0 Å². The molecule has 0 atom stereocenters. The van der Waals surface area contributed by atoms with E-state index >= 15 is 0 Å². The third kappa shape index (κ3) is 5.20. The van der Waals surface area contributed by atoms with E-state index in [1.165, 1.54) is 0 Å². The van der Waals surface area contributed by atoms with E-state index in [0.717, 1.165) is 19.3 Å². The molecule has 126 valence electrons. The van der Waals surface area contributed by atoms with Gasteiger partial charge in [0.05, 0.1) is 10.8 Å². The minimum atomic E-state index is -0.917. The molecule has 7 heteroatoms. The van der Waals surface area contributed by atoms with Crippen LogP contribution < -0.4 is 5.32 Å². The summed E-state index contributed by atoms with van der Waals surface area (Å²) in [5.41, 5.74) is -1.59. The maximum atomic E-state index is 11.6. The summed E-state index contributed by atoms with van der Waals surface area (Å²) in [5.74, 6) is -1.37. The van der Waals surface area contributed by atoms with Crippen molar-refractivity contribution in [2.45, 2.75) is 52.9 Å². The Morgan fingerprint density at radius 3 is 2.18 bits per heavy atom. The highest BCUT2D eigenvalue weighted by molar-refractivity contribution is 5.77. The summed E-state index contributed by atoms with van der Waals surface area (Å²) in [6.07, 6.45) is 3.00. The van der Waals surface area contributed by atoms with Crippen molar-refractivity contribution in [3.63, 3.8) is 0 Å². The fourth-order valence-electron chi connectivity index (χ4n) is 2.34. The van der Waals surface area contributed by atoms with Crippen molar-refractivity contribution in [3.05, 3.63) is 0 Å². The van der Waals surface area contributed by atoms with Crippen molar-refractivity contribution in [3.8, 4) is 0 Å².